The van der Waals surface area contributed by atoms with Gasteiger partial charge in [-0.05, 0) is 36.2 Å². The molecule has 1 aromatic heterocycles. The maximum Gasteiger partial charge on any atom is 0.0348 e. The topological polar surface area (TPSA) is 0 Å². The lowest BCUT2D eigenvalue weighted by Gasteiger charge is -1.92. The number of allylic oxidation sites excluding steroid dienone is 1. The maximum absolute atomic E-state index is 2.23. The van der Waals surface area contributed by atoms with Crippen LogP contribution in [0.5, 0.6) is 0 Å². The van der Waals surface area contributed by atoms with E-state index < -0.39 is 0 Å². The second-order valence-corrected chi connectivity index (χ2v) is 4.32. The Kier molecular flexibility index (Phi) is 2.19. The second-order valence-electron chi connectivity index (χ2n) is 3.41. The summed E-state index contributed by atoms with van der Waals surface area (Å²) in [6, 6.07) is 8.53. The summed E-state index contributed by atoms with van der Waals surface area (Å²) in [5.74, 6) is 0. The van der Waals surface area contributed by atoms with Crippen LogP contribution in [-0.2, 0) is 0 Å². The average Bonchev–Trinajstić information content (AvgIpc) is 2.48. The number of fused-ring (bicyclic) bond motifs is 1. The van der Waals surface area contributed by atoms with E-state index in [-0.39, 0.29) is 0 Å². The van der Waals surface area contributed by atoms with Crippen molar-refractivity contribution in [3.63, 3.8) is 0 Å². The summed E-state index contributed by atoms with van der Waals surface area (Å²) in [4.78, 5) is 0. The van der Waals surface area contributed by atoms with Gasteiger partial charge < -0.3 is 0 Å². The van der Waals surface area contributed by atoms with Crippen molar-refractivity contribution in [3.05, 3.63) is 40.8 Å². The van der Waals surface area contributed by atoms with Gasteiger partial charge in [0, 0.05) is 4.70 Å². The molecular weight excluding hydrogens is 176 g/mol. The lowest BCUT2D eigenvalue weighted by atomic mass is 10.1. The van der Waals surface area contributed by atoms with E-state index in [1.54, 1.807) is 0 Å². The molecule has 2 rings (SSSR count). The van der Waals surface area contributed by atoms with Crippen LogP contribution in [0.15, 0.2) is 35.2 Å². The Balaban J connectivity index is 2.65. The fourth-order valence-corrected chi connectivity index (χ4v) is 2.34. The molecular formula is C12H12S. The highest BCUT2D eigenvalue weighted by Crippen LogP contribution is 2.27. The Labute approximate surface area is 82.5 Å². The molecule has 0 unspecified atom stereocenters. The van der Waals surface area contributed by atoms with Gasteiger partial charge in [0.05, 0.1) is 0 Å². The van der Waals surface area contributed by atoms with Crippen molar-refractivity contribution in [2.24, 2.45) is 0 Å². The molecule has 0 fully saturated rings. The molecule has 0 aliphatic heterocycles. The zero-order chi connectivity index (χ0) is 9.26. The van der Waals surface area contributed by atoms with Gasteiger partial charge in [0.15, 0.2) is 0 Å². The third-order valence-corrected chi connectivity index (χ3v) is 2.94. The van der Waals surface area contributed by atoms with E-state index in [4.69, 9.17) is 0 Å². The first-order chi connectivity index (χ1) is 6.27. The van der Waals surface area contributed by atoms with E-state index in [1.165, 1.54) is 21.2 Å². The molecule has 1 heteroatoms. The Bertz CT molecular complexity index is 445. The van der Waals surface area contributed by atoms with Crippen molar-refractivity contribution in [1.82, 2.24) is 0 Å². The highest BCUT2D eigenvalue weighted by molar-refractivity contribution is 7.17. The monoisotopic (exact) mass is 188 g/mol. The van der Waals surface area contributed by atoms with Gasteiger partial charge in [0.2, 0.25) is 0 Å². The van der Waals surface area contributed by atoms with Crippen LogP contribution in [-0.4, -0.2) is 0 Å². The van der Waals surface area contributed by atoms with E-state index in [2.05, 4.69) is 49.6 Å². The summed E-state index contributed by atoms with van der Waals surface area (Å²) in [5.41, 5.74) is 2.70. The number of thiophene rings is 1. The summed E-state index contributed by atoms with van der Waals surface area (Å²) in [6.45, 7) is 4.26. The summed E-state index contributed by atoms with van der Waals surface area (Å²) >= 11 is 1.81. The zero-order valence-electron chi connectivity index (χ0n) is 7.87. The first-order valence-electron chi connectivity index (χ1n) is 4.38. The highest BCUT2D eigenvalue weighted by atomic mass is 32.1. The van der Waals surface area contributed by atoms with Crippen LogP contribution in [0.1, 0.15) is 19.4 Å². The van der Waals surface area contributed by atoms with Crippen molar-refractivity contribution in [2.45, 2.75) is 13.8 Å². The zero-order valence-corrected chi connectivity index (χ0v) is 8.69. The van der Waals surface area contributed by atoms with Gasteiger partial charge in [-0.25, -0.2) is 0 Å². The summed E-state index contributed by atoms with van der Waals surface area (Å²) in [7, 11) is 0. The van der Waals surface area contributed by atoms with Crippen LogP contribution < -0.4 is 0 Å². The lowest BCUT2D eigenvalue weighted by Crippen LogP contribution is -1.69. The Hall–Kier alpha value is -1.08. The van der Waals surface area contributed by atoms with Crippen molar-refractivity contribution in [1.29, 1.82) is 0 Å². The fraction of sp³-hybridized carbons (Fsp3) is 0.167. The van der Waals surface area contributed by atoms with E-state index in [0.717, 1.165) is 0 Å². The van der Waals surface area contributed by atoms with Crippen LogP contribution in [0, 0.1) is 0 Å². The molecule has 0 bridgehead atoms. The SMILES string of the molecule is CC(C)=Cc1csc2ccccc12. The summed E-state index contributed by atoms with van der Waals surface area (Å²) < 4.78 is 1.37. The van der Waals surface area contributed by atoms with Crippen molar-refractivity contribution >= 4 is 27.5 Å². The van der Waals surface area contributed by atoms with Crippen LogP contribution in [0.3, 0.4) is 0 Å². The molecule has 0 saturated heterocycles. The number of rotatable bonds is 1. The van der Waals surface area contributed by atoms with Gasteiger partial charge in [-0.15, -0.1) is 11.3 Å². The van der Waals surface area contributed by atoms with Gasteiger partial charge in [-0.3, -0.25) is 0 Å². The normalized spacial score (nSPS) is 10.3. The molecule has 0 amide bonds. The van der Waals surface area contributed by atoms with E-state index >= 15 is 0 Å². The largest absolute Gasteiger partial charge is 0.143 e. The number of hydrogen-bond donors (Lipinski definition) is 0. The van der Waals surface area contributed by atoms with Crippen LogP contribution >= 0.6 is 11.3 Å². The first kappa shape index (κ1) is 8.52. The highest BCUT2D eigenvalue weighted by Gasteiger charge is 1.99. The smallest absolute Gasteiger partial charge is 0.0348 e. The molecule has 0 aliphatic rings. The van der Waals surface area contributed by atoms with Gasteiger partial charge in [-0.2, -0.15) is 0 Å². The Morgan fingerprint density at radius 1 is 1.23 bits per heavy atom. The average molecular weight is 188 g/mol. The first-order valence-corrected chi connectivity index (χ1v) is 5.26. The molecule has 0 radical (unpaired) electrons. The number of hydrogen-bond acceptors (Lipinski definition) is 1. The van der Waals surface area contributed by atoms with Gasteiger partial charge in [0.25, 0.3) is 0 Å². The van der Waals surface area contributed by atoms with Crippen molar-refractivity contribution in [3.8, 4) is 0 Å². The predicted octanol–water partition coefficient (Wildman–Crippen LogP) is 4.32. The standard InChI is InChI=1S/C12H12S/c1-9(2)7-10-8-13-12-6-4-3-5-11(10)12/h3-8H,1-2H3. The molecule has 1 aromatic carbocycles. The minimum Gasteiger partial charge on any atom is -0.143 e. The second kappa shape index (κ2) is 3.35. The molecule has 0 atom stereocenters. The van der Waals surface area contributed by atoms with Crippen molar-refractivity contribution < 1.29 is 0 Å². The summed E-state index contributed by atoms with van der Waals surface area (Å²) in [5, 5.41) is 3.59. The van der Waals surface area contributed by atoms with Gasteiger partial charge in [0.1, 0.15) is 0 Å². The minimum absolute atomic E-state index is 1.35. The summed E-state index contributed by atoms with van der Waals surface area (Å²) in [6.07, 6.45) is 2.23. The van der Waals surface area contributed by atoms with E-state index in [1.807, 2.05) is 11.3 Å². The third kappa shape index (κ3) is 1.65. The quantitative estimate of drug-likeness (QED) is 0.625. The molecule has 0 N–H and O–H groups in total. The number of benzene rings is 1. The maximum atomic E-state index is 2.23. The molecule has 0 nitrogen and oxygen atoms in total. The molecule has 13 heavy (non-hydrogen) atoms. The molecule has 0 spiro atoms. The predicted molar refractivity (Wildman–Crippen MR) is 61.2 cm³/mol. The molecule has 1 heterocycles. The van der Waals surface area contributed by atoms with Gasteiger partial charge in [-0.1, -0.05) is 29.8 Å². The lowest BCUT2D eigenvalue weighted by molar-refractivity contribution is 1.43. The Morgan fingerprint density at radius 3 is 2.77 bits per heavy atom. The molecule has 2 aromatic rings. The van der Waals surface area contributed by atoms with Crippen LogP contribution in [0.2, 0.25) is 0 Å². The third-order valence-electron chi connectivity index (χ3n) is 1.96. The molecule has 0 aliphatic carbocycles. The molecule has 0 saturated carbocycles. The van der Waals surface area contributed by atoms with Crippen LogP contribution in [0.4, 0.5) is 0 Å². The molecule has 66 valence electrons. The minimum atomic E-state index is 1.35. The fourth-order valence-electron chi connectivity index (χ4n) is 1.42. The Morgan fingerprint density at radius 2 is 2.00 bits per heavy atom. The van der Waals surface area contributed by atoms with Crippen molar-refractivity contribution in [2.75, 3.05) is 0 Å². The van der Waals surface area contributed by atoms with E-state index in [0.29, 0.717) is 0 Å². The van der Waals surface area contributed by atoms with Crippen LogP contribution in [0.25, 0.3) is 16.2 Å². The van der Waals surface area contributed by atoms with E-state index in [9.17, 15) is 0 Å². The van der Waals surface area contributed by atoms with Gasteiger partial charge >= 0.3 is 0 Å².